The monoisotopic (exact) mass is 275 g/mol. The van der Waals surface area contributed by atoms with E-state index < -0.39 is 0 Å². The van der Waals surface area contributed by atoms with Gasteiger partial charge in [0.05, 0.1) is 12.3 Å². The van der Waals surface area contributed by atoms with E-state index in [1.165, 1.54) is 6.07 Å². The molecular formula is C15H18FN3O. The van der Waals surface area contributed by atoms with Crippen LogP contribution in [-0.4, -0.2) is 41.4 Å². The molecule has 0 aliphatic carbocycles. The first-order valence-electron chi connectivity index (χ1n) is 6.92. The Bertz CT molecular complexity index is 562. The summed E-state index contributed by atoms with van der Waals surface area (Å²) in [4.78, 5) is 2.33. The van der Waals surface area contributed by atoms with Crippen LogP contribution in [0.15, 0.2) is 30.3 Å². The van der Waals surface area contributed by atoms with Crippen molar-refractivity contribution in [3.63, 3.8) is 0 Å². The van der Waals surface area contributed by atoms with E-state index in [2.05, 4.69) is 15.1 Å². The van der Waals surface area contributed by atoms with E-state index in [0.29, 0.717) is 11.3 Å². The van der Waals surface area contributed by atoms with Gasteiger partial charge in [0.25, 0.3) is 0 Å². The van der Waals surface area contributed by atoms with Crippen LogP contribution in [0.25, 0.3) is 11.3 Å². The van der Waals surface area contributed by atoms with Crippen molar-refractivity contribution in [1.82, 2.24) is 15.1 Å². The Morgan fingerprint density at radius 2 is 2.15 bits per heavy atom. The van der Waals surface area contributed by atoms with E-state index >= 15 is 0 Å². The van der Waals surface area contributed by atoms with Crippen LogP contribution in [0.2, 0.25) is 0 Å². The van der Waals surface area contributed by atoms with Crippen molar-refractivity contribution in [2.45, 2.75) is 13.0 Å². The molecule has 3 rings (SSSR count). The number of halogens is 1. The number of aromatic nitrogens is 2. The summed E-state index contributed by atoms with van der Waals surface area (Å²) in [5, 5.41) is 7.21. The van der Waals surface area contributed by atoms with Crippen LogP contribution in [0.4, 0.5) is 4.39 Å². The Hall–Kier alpha value is -1.72. The van der Waals surface area contributed by atoms with Crippen LogP contribution < -0.4 is 0 Å². The number of hydrogen-bond acceptors (Lipinski definition) is 3. The molecule has 1 N–H and O–H groups in total. The Kier molecular flexibility index (Phi) is 4.08. The van der Waals surface area contributed by atoms with Crippen LogP contribution in [-0.2, 0) is 11.3 Å². The van der Waals surface area contributed by atoms with Crippen molar-refractivity contribution in [2.75, 3.05) is 26.3 Å². The third kappa shape index (κ3) is 3.05. The zero-order valence-electron chi connectivity index (χ0n) is 11.3. The third-order valence-electron chi connectivity index (χ3n) is 3.49. The maximum atomic E-state index is 13.7. The molecule has 1 aliphatic heterocycles. The summed E-state index contributed by atoms with van der Waals surface area (Å²) >= 11 is 0. The molecule has 2 aromatic rings. The lowest BCUT2D eigenvalue weighted by Gasteiger charge is -2.17. The number of hydrogen-bond donors (Lipinski definition) is 1. The van der Waals surface area contributed by atoms with Gasteiger partial charge in [-0.1, -0.05) is 12.1 Å². The number of ether oxygens (including phenoxy) is 1. The van der Waals surface area contributed by atoms with Gasteiger partial charge >= 0.3 is 0 Å². The smallest absolute Gasteiger partial charge is 0.132 e. The van der Waals surface area contributed by atoms with Crippen LogP contribution in [0.1, 0.15) is 12.1 Å². The SMILES string of the molecule is Fc1ccccc1-c1cc(CN2CCCOCC2)[nH]n1. The van der Waals surface area contributed by atoms with E-state index in [0.717, 1.165) is 45.0 Å². The highest BCUT2D eigenvalue weighted by atomic mass is 19.1. The molecule has 0 atom stereocenters. The summed E-state index contributed by atoms with van der Waals surface area (Å²) in [5.41, 5.74) is 2.20. The molecule has 20 heavy (non-hydrogen) atoms. The molecule has 2 heterocycles. The van der Waals surface area contributed by atoms with Crippen LogP contribution in [0.3, 0.4) is 0 Å². The van der Waals surface area contributed by atoms with Crippen molar-refractivity contribution in [3.8, 4) is 11.3 Å². The van der Waals surface area contributed by atoms with Gasteiger partial charge in [-0.05, 0) is 24.6 Å². The zero-order valence-corrected chi connectivity index (χ0v) is 11.3. The maximum absolute atomic E-state index is 13.7. The topological polar surface area (TPSA) is 41.1 Å². The minimum atomic E-state index is -0.242. The fourth-order valence-electron chi connectivity index (χ4n) is 2.45. The highest BCUT2D eigenvalue weighted by Gasteiger charge is 2.13. The fraction of sp³-hybridized carbons (Fsp3) is 0.400. The first-order valence-corrected chi connectivity index (χ1v) is 6.92. The van der Waals surface area contributed by atoms with Crippen LogP contribution in [0.5, 0.6) is 0 Å². The highest BCUT2D eigenvalue weighted by molar-refractivity contribution is 5.59. The largest absolute Gasteiger partial charge is 0.380 e. The highest BCUT2D eigenvalue weighted by Crippen LogP contribution is 2.21. The molecule has 1 aromatic carbocycles. The normalized spacial score (nSPS) is 17.1. The Balaban J connectivity index is 1.72. The van der Waals surface area contributed by atoms with Gasteiger partial charge in [0.2, 0.25) is 0 Å². The second-order valence-corrected chi connectivity index (χ2v) is 5.00. The molecule has 1 aliphatic rings. The molecule has 1 fully saturated rings. The van der Waals surface area contributed by atoms with Gasteiger partial charge in [-0.2, -0.15) is 5.10 Å². The predicted molar refractivity (Wildman–Crippen MR) is 74.7 cm³/mol. The van der Waals surface area contributed by atoms with E-state index in [1.54, 1.807) is 12.1 Å². The van der Waals surface area contributed by atoms with Crippen LogP contribution in [0, 0.1) is 5.82 Å². The minimum absolute atomic E-state index is 0.242. The van der Waals surface area contributed by atoms with Gasteiger partial charge in [-0.25, -0.2) is 4.39 Å². The number of H-pyrrole nitrogens is 1. The minimum Gasteiger partial charge on any atom is -0.380 e. The number of aromatic amines is 1. The average Bonchev–Trinajstić information content (AvgIpc) is 2.75. The number of nitrogens with zero attached hydrogens (tertiary/aromatic N) is 2. The lowest BCUT2D eigenvalue weighted by Crippen LogP contribution is -2.25. The van der Waals surface area contributed by atoms with E-state index in [9.17, 15) is 4.39 Å². The summed E-state index contributed by atoms with van der Waals surface area (Å²) in [6, 6.07) is 8.62. The van der Waals surface area contributed by atoms with Crippen molar-refractivity contribution >= 4 is 0 Å². The second-order valence-electron chi connectivity index (χ2n) is 5.00. The van der Waals surface area contributed by atoms with Gasteiger partial charge in [0.15, 0.2) is 0 Å². The van der Waals surface area contributed by atoms with E-state index in [1.807, 2.05) is 12.1 Å². The van der Waals surface area contributed by atoms with Crippen molar-refractivity contribution in [1.29, 1.82) is 0 Å². The molecule has 4 nitrogen and oxygen atoms in total. The summed E-state index contributed by atoms with van der Waals surface area (Å²) in [6.45, 7) is 4.35. The van der Waals surface area contributed by atoms with Gasteiger partial charge in [-0.15, -0.1) is 0 Å². The summed E-state index contributed by atoms with van der Waals surface area (Å²) in [5.74, 6) is -0.242. The average molecular weight is 275 g/mol. The fourth-order valence-corrected chi connectivity index (χ4v) is 2.45. The van der Waals surface area contributed by atoms with Crippen LogP contribution >= 0.6 is 0 Å². The Morgan fingerprint density at radius 1 is 1.25 bits per heavy atom. The Labute approximate surface area is 117 Å². The molecule has 0 saturated carbocycles. The first-order chi connectivity index (χ1) is 9.83. The molecule has 0 unspecified atom stereocenters. The number of rotatable bonds is 3. The van der Waals surface area contributed by atoms with Gasteiger partial charge in [0, 0.05) is 37.5 Å². The predicted octanol–water partition coefficient (Wildman–Crippen LogP) is 2.44. The van der Waals surface area contributed by atoms with Gasteiger partial charge < -0.3 is 4.74 Å². The molecule has 1 aromatic heterocycles. The molecule has 5 heteroatoms. The zero-order chi connectivity index (χ0) is 13.8. The lowest BCUT2D eigenvalue weighted by molar-refractivity contribution is 0.140. The molecule has 0 bridgehead atoms. The molecule has 106 valence electrons. The quantitative estimate of drug-likeness (QED) is 0.935. The third-order valence-corrected chi connectivity index (χ3v) is 3.49. The molecule has 0 radical (unpaired) electrons. The van der Waals surface area contributed by atoms with E-state index in [-0.39, 0.29) is 5.82 Å². The second kappa shape index (κ2) is 6.15. The van der Waals surface area contributed by atoms with Crippen molar-refractivity contribution in [3.05, 3.63) is 41.8 Å². The number of nitrogens with one attached hydrogen (secondary N) is 1. The molecule has 0 spiro atoms. The molecular weight excluding hydrogens is 257 g/mol. The maximum Gasteiger partial charge on any atom is 0.132 e. The van der Waals surface area contributed by atoms with E-state index in [4.69, 9.17) is 4.74 Å². The summed E-state index contributed by atoms with van der Waals surface area (Å²) in [6.07, 6.45) is 1.05. The molecule has 0 amide bonds. The summed E-state index contributed by atoms with van der Waals surface area (Å²) in [7, 11) is 0. The Morgan fingerprint density at radius 3 is 3.05 bits per heavy atom. The number of benzene rings is 1. The standard InChI is InChI=1S/C15H18FN3O/c16-14-5-2-1-4-13(14)15-10-12(17-18-15)11-19-6-3-8-20-9-7-19/h1-2,4-5,10H,3,6-9,11H2,(H,17,18). The van der Waals surface area contributed by atoms with Gasteiger partial charge in [0.1, 0.15) is 5.82 Å². The van der Waals surface area contributed by atoms with Gasteiger partial charge in [-0.3, -0.25) is 10.00 Å². The molecule has 1 saturated heterocycles. The lowest BCUT2D eigenvalue weighted by atomic mass is 10.1. The first kappa shape index (κ1) is 13.3. The van der Waals surface area contributed by atoms with Crippen molar-refractivity contribution in [2.24, 2.45) is 0 Å². The van der Waals surface area contributed by atoms with Crippen molar-refractivity contribution < 1.29 is 9.13 Å². The summed E-state index contributed by atoms with van der Waals surface area (Å²) < 4.78 is 19.2.